The van der Waals surface area contributed by atoms with Crippen LogP contribution in [0.3, 0.4) is 0 Å². The van der Waals surface area contributed by atoms with Crippen molar-refractivity contribution in [3.8, 4) is 0 Å². The minimum atomic E-state index is -1.87. The van der Waals surface area contributed by atoms with Crippen molar-refractivity contribution in [1.82, 2.24) is 0 Å². The molecule has 5 N–H and O–H groups in total. The Morgan fingerprint density at radius 3 is 2.47 bits per heavy atom. The van der Waals surface area contributed by atoms with Crippen LogP contribution in [-0.2, 0) is 28.5 Å². The summed E-state index contributed by atoms with van der Waals surface area (Å²) >= 11 is 0. The summed E-state index contributed by atoms with van der Waals surface area (Å²) in [6.45, 7) is 2.74. The Balaban J connectivity index is 1.73. The van der Waals surface area contributed by atoms with E-state index >= 15 is 0 Å². The van der Waals surface area contributed by atoms with Crippen molar-refractivity contribution in [3.63, 3.8) is 0 Å². The summed E-state index contributed by atoms with van der Waals surface area (Å²) in [5, 5.41) is 51.7. The molecular formula is C21H34O11. The van der Waals surface area contributed by atoms with Crippen LogP contribution in [0.5, 0.6) is 0 Å². The highest BCUT2D eigenvalue weighted by Crippen LogP contribution is 2.29. The van der Waals surface area contributed by atoms with Gasteiger partial charge in [-0.05, 0) is 32.1 Å². The lowest BCUT2D eigenvalue weighted by atomic mass is 9.99. The van der Waals surface area contributed by atoms with Crippen molar-refractivity contribution < 1.29 is 54.0 Å². The molecule has 9 atom stereocenters. The van der Waals surface area contributed by atoms with Gasteiger partial charge < -0.3 is 49.2 Å². The van der Waals surface area contributed by atoms with E-state index in [1.54, 1.807) is 13.0 Å². The second-order valence-electron chi connectivity index (χ2n) is 8.88. The van der Waals surface area contributed by atoms with Gasteiger partial charge >= 0.3 is 5.97 Å². The van der Waals surface area contributed by atoms with Gasteiger partial charge in [-0.3, -0.25) is 0 Å². The number of hydrogen-bond acceptors (Lipinski definition) is 11. The van der Waals surface area contributed by atoms with Gasteiger partial charge in [-0.15, -0.1) is 0 Å². The van der Waals surface area contributed by atoms with Crippen molar-refractivity contribution in [1.29, 1.82) is 0 Å². The smallest absolute Gasteiger partial charge is 0.333 e. The summed E-state index contributed by atoms with van der Waals surface area (Å²) in [5.74, 6) is -0.353. The Kier molecular flexibility index (Phi) is 8.64. The van der Waals surface area contributed by atoms with Gasteiger partial charge in [0.1, 0.15) is 37.1 Å². The Morgan fingerprint density at radius 2 is 1.72 bits per heavy atom. The number of cyclic esters (lactones) is 1. The van der Waals surface area contributed by atoms with Gasteiger partial charge in [0.05, 0.1) is 19.8 Å². The maximum absolute atomic E-state index is 12.2. The summed E-state index contributed by atoms with van der Waals surface area (Å²) in [7, 11) is 0. The second kappa shape index (κ2) is 10.9. The largest absolute Gasteiger partial charge is 0.459 e. The zero-order chi connectivity index (χ0) is 23.5. The molecule has 3 aliphatic rings. The van der Waals surface area contributed by atoms with E-state index in [-0.39, 0.29) is 25.7 Å². The predicted octanol–water partition coefficient (Wildman–Crippen LogP) is -1.41. The van der Waals surface area contributed by atoms with Gasteiger partial charge in [0, 0.05) is 5.57 Å². The number of aliphatic hydroxyl groups excluding tert-OH is 4. The molecule has 3 aliphatic heterocycles. The standard InChI is InChI=1S/C21H34O11/c1-11-4-3-5-12(2)18(26)30-9-21(27)10-31-20(17(21)25)29-8-13-14(22)15(23)16(24)19(32-13)28-7-6-11/h5,11,13-17,19-20,22-25,27H,3-4,6-10H2,1-2H3/b12-5+/t11-,13-,14-,15+,16-,17+,19-,20-,21-/m1/s1. The highest BCUT2D eigenvalue weighted by molar-refractivity contribution is 5.87. The molecule has 0 aromatic heterocycles. The molecule has 0 radical (unpaired) electrons. The zero-order valence-electron chi connectivity index (χ0n) is 18.3. The Labute approximate surface area is 186 Å². The van der Waals surface area contributed by atoms with E-state index in [1.165, 1.54) is 0 Å². The van der Waals surface area contributed by atoms with Crippen molar-refractivity contribution in [2.24, 2.45) is 5.92 Å². The maximum Gasteiger partial charge on any atom is 0.333 e. The lowest BCUT2D eigenvalue weighted by Crippen LogP contribution is -2.59. The zero-order valence-corrected chi connectivity index (χ0v) is 18.3. The normalized spacial score (nSPS) is 46.8. The molecule has 184 valence electrons. The average Bonchev–Trinajstić information content (AvgIpc) is 3.04. The summed E-state index contributed by atoms with van der Waals surface area (Å²) < 4.78 is 27.1. The third-order valence-corrected chi connectivity index (χ3v) is 6.18. The molecule has 0 unspecified atom stereocenters. The van der Waals surface area contributed by atoms with Crippen molar-refractivity contribution in [2.45, 2.75) is 81.8 Å². The minimum Gasteiger partial charge on any atom is -0.459 e. The predicted molar refractivity (Wildman–Crippen MR) is 107 cm³/mol. The van der Waals surface area contributed by atoms with Crippen LogP contribution in [0.1, 0.15) is 33.1 Å². The van der Waals surface area contributed by atoms with Crippen molar-refractivity contribution >= 4 is 5.97 Å². The molecule has 3 heterocycles. The highest BCUT2D eigenvalue weighted by Gasteiger charge is 2.51. The molecule has 0 aliphatic carbocycles. The lowest BCUT2D eigenvalue weighted by molar-refractivity contribution is -0.310. The van der Waals surface area contributed by atoms with E-state index < -0.39 is 61.3 Å². The SMILES string of the molecule is C/C1=C\CC[C@@H](C)CCO[C@@H]2O[C@H](CO[C@@H]3OC[C@](O)(COC1=O)[C@H]3O)[C@@H](O)[C@H](O)[C@H]2O. The third-order valence-electron chi connectivity index (χ3n) is 6.18. The highest BCUT2D eigenvalue weighted by atomic mass is 16.7. The first-order valence-corrected chi connectivity index (χ1v) is 10.9. The van der Waals surface area contributed by atoms with Crippen LogP contribution in [0, 0.1) is 5.92 Å². The van der Waals surface area contributed by atoms with Crippen molar-refractivity contribution in [2.75, 3.05) is 26.4 Å². The van der Waals surface area contributed by atoms with E-state index in [1.807, 2.05) is 6.92 Å². The summed E-state index contributed by atoms with van der Waals surface area (Å²) in [6, 6.07) is 0. The van der Waals surface area contributed by atoms with Crippen LogP contribution in [0.4, 0.5) is 0 Å². The average molecular weight is 462 g/mol. The number of ether oxygens (including phenoxy) is 5. The van der Waals surface area contributed by atoms with Crippen LogP contribution in [0.2, 0.25) is 0 Å². The van der Waals surface area contributed by atoms with Crippen LogP contribution < -0.4 is 0 Å². The van der Waals surface area contributed by atoms with Gasteiger partial charge in [-0.25, -0.2) is 4.79 Å². The molecular weight excluding hydrogens is 428 g/mol. The molecule has 2 fully saturated rings. The Morgan fingerprint density at radius 1 is 0.969 bits per heavy atom. The Bertz CT molecular complexity index is 670. The van der Waals surface area contributed by atoms with Gasteiger partial charge in [-0.2, -0.15) is 0 Å². The Hall–Kier alpha value is -1.15. The number of aliphatic hydroxyl groups is 5. The molecule has 3 rings (SSSR count). The summed E-state index contributed by atoms with van der Waals surface area (Å²) in [4.78, 5) is 12.2. The molecule has 0 spiro atoms. The van der Waals surface area contributed by atoms with E-state index in [4.69, 9.17) is 23.7 Å². The minimum absolute atomic E-state index is 0.247. The summed E-state index contributed by atoms with van der Waals surface area (Å²) in [6.07, 6.45) is -5.69. The maximum atomic E-state index is 12.2. The number of fused-ring (bicyclic) bond motifs is 4. The van der Waals surface area contributed by atoms with Crippen LogP contribution >= 0.6 is 0 Å². The van der Waals surface area contributed by atoms with Crippen LogP contribution in [-0.4, -0.2) is 107 Å². The second-order valence-corrected chi connectivity index (χ2v) is 8.88. The molecule has 0 saturated carbocycles. The number of rotatable bonds is 0. The van der Waals surface area contributed by atoms with Crippen LogP contribution in [0.25, 0.3) is 0 Å². The fourth-order valence-corrected chi connectivity index (χ4v) is 3.81. The fraction of sp³-hybridized carbons (Fsp3) is 0.857. The third kappa shape index (κ3) is 5.85. The van der Waals surface area contributed by atoms with E-state index in [9.17, 15) is 30.3 Å². The first-order valence-electron chi connectivity index (χ1n) is 10.9. The molecule has 0 amide bonds. The van der Waals surface area contributed by atoms with Gasteiger partial charge in [0.15, 0.2) is 18.2 Å². The molecule has 32 heavy (non-hydrogen) atoms. The van der Waals surface area contributed by atoms with Gasteiger partial charge in [0.2, 0.25) is 0 Å². The van der Waals surface area contributed by atoms with Gasteiger partial charge in [-0.1, -0.05) is 13.0 Å². The molecule has 0 aromatic rings. The lowest BCUT2D eigenvalue weighted by Gasteiger charge is -2.40. The van der Waals surface area contributed by atoms with Gasteiger partial charge in [0.25, 0.3) is 0 Å². The van der Waals surface area contributed by atoms with E-state index in [0.717, 1.165) is 6.42 Å². The molecule has 11 nitrogen and oxygen atoms in total. The topological polar surface area (TPSA) is 164 Å². The number of esters is 1. The fourth-order valence-electron chi connectivity index (χ4n) is 3.81. The number of carbonyl (C=O) groups is 1. The van der Waals surface area contributed by atoms with Crippen molar-refractivity contribution in [3.05, 3.63) is 11.6 Å². The van der Waals surface area contributed by atoms with E-state index in [2.05, 4.69) is 0 Å². The summed E-state index contributed by atoms with van der Waals surface area (Å²) in [5.41, 5.74) is -1.48. The molecule has 0 aromatic carbocycles. The van der Waals surface area contributed by atoms with Crippen LogP contribution in [0.15, 0.2) is 11.6 Å². The quantitative estimate of drug-likeness (QED) is 0.269. The number of allylic oxidation sites excluding steroid dienone is 1. The molecule has 2 saturated heterocycles. The number of hydrogen-bond donors (Lipinski definition) is 5. The molecule has 11 heteroatoms. The monoisotopic (exact) mass is 462 g/mol. The first kappa shape index (κ1) is 25.5. The first-order chi connectivity index (χ1) is 15.1. The number of carbonyl (C=O) groups excluding carboxylic acids is 1. The molecule has 4 bridgehead atoms. The van der Waals surface area contributed by atoms with E-state index in [0.29, 0.717) is 18.4 Å².